The molecule has 0 fully saturated rings. The van der Waals surface area contributed by atoms with Gasteiger partial charge in [0.15, 0.2) is 0 Å². The summed E-state index contributed by atoms with van der Waals surface area (Å²) in [6.45, 7) is 5.33. The number of nitrogens with two attached hydrogens (primary N) is 1. The smallest absolute Gasteiger partial charge is 0.412 e. The second-order valence-electron chi connectivity index (χ2n) is 6.25. The van der Waals surface area contributed by atoms with Crippen LogP contribution >= 0.6 is 0 Å². The molecule has 0 unspecified atom stereocenters. The van der Waals surface area contributed by atoms with Gasteiger partial charge in [-0.2, -0.15) is 5.10 Å². The number of nitrogens with zero attached hydrogens (tertiary/aromatic N) is 1. The van der Waals surface area contributed by atoms with Gasteiger partial charge < -0.3 is 10.5 Å². The highest BCUT2D eigenvalue weighted by molar-refractivity contribution is 5.84. The second kappa shape index (κ2) is 6.68. The molecule has 0 aliphatic carbocycles. The number of aromatic nitrogens is 2. The lowest BCUT2D eigenvalue weighted by Gasteiger charge is -2.19. The van der Waals surface area contributed by atoms with Gasteiger partial charge >= 0.3 is 6.09 Å². The first-order valence-electron chi connectivity index (χ1n) is 7.31. The molecule has 2 aromatic rings. The normalized spacial score (nSPS) is 11.3. The van der Waals surface area contributed by atoms with Crippen molar-refractivity contribution in [2.45, 2.75) is 39.2 Å². The van der Waals surface area contributed by atoms with Gasteiger partial charge in [0.05, 0.1) is 5.69 Å². The molecule has 1 amide bonds. The van der Waals surface area contributed by atoms with Crippen molar-refractivity contribution in [3.63, 3.8) is 0 Å². The lowest BCUT2D eigenvalue weighted by molar-refractivity contribution is 0.0636. The average Bonchev–Trinajstić information content (AvgIpc) is 2.83. The number of anilines is 2. The number of carbonyl (C=O) groups is 1. The number of halogens is 1. The standard InChI is InChI=1S/C16H21FN4O2/c1-16(2,3)23-15(22)19-11-6-7-13(17)10(8-11)4-5-12-9-14(18)21-20-12/h6-9H,4-5H2,1-3H3,(H,19,22)(H3,18,20,21). The van der Waals surface area contributed by atoms with E-state index in [0.717, 1.165) is 5.69 Å². The van der Waals surface area contributed by atoms with Crippen LogP contribution in [0, 0.1) is 5.82 Å². The fourth-order valence-electron chi connectivity index (χ4n) is 2.04. The Kier molecular flexibility index (Phi) is 4.88. The minimum absolute atomic E-state index is 0.330. The largest absolute Gasteiger partial charge is 0.444 e. The number of hydrogen-bond acceptors (Lipinski definition) is 4. The first-order chi connectivity index (χ1) is 10.7. The van der Waals surface area contributed by atoms with Crippen molar-refractivity contribution in [2.24, 2.45) is 0 Å². The molecule has 2 rings (SSSR count). The quantitative estimate of drug-likeness (QED) is 0.806. The zero-order chi connectivity index (χ0) is 17.0. The summed E-state index contributed by atoms with van der Waals surface area (Å²) in [6, 6.07) is 6.12. The van der Waals surface area contributed by atoms with Gasteiger partial charge in [0, 0.05) is 11.8 Å². The number of nitrogens with one attached hydrogen (secondary N) is 2. The molecule has 0 saturated carbocycles. The zero-order valence-electron chi connectivity index (χ0n) is 13.4. The molecule has 6 nitrogen and oxygen atoms in total. The lowest BCUT2D eigenvalue weighted by Crippen LogP contribution is -2.27. The maximum Gasteiger partial charge on any atom is 0.412 e. The van der Waals surface area contributed by atoms with E-state index in [1.165, 1.54) is 12.1 Å². The summed E-state index contributed by atoms with van der Waals surface area (Å²) < 4.78 is 19.1. The molecule has 0 bridgehead atoms. The summed E-state index contributed by atoms with van der Waals surface area (Å²) in [6.07, 6.45) is 0.413. The number of ether oxygens (including phenoxy) is 1. The van der Waals surface area contributed by atoms with E-state index < -0.39 is 11.7 Å². The summed E-state index contributed by atoms with van der Waals surface area (Å²) in [4.78, 5) is 11.8. The molecule has 0 atom stereocenters. The summed E-state index contributed by atoms with van der Waals surface area (Å²) >= 11 is 0. The highest BCUT2D eigenvalue weighted by atomic mass is 19.1. The highest BCUT2D eigenvalue weighted by Crippen LogP contribution is 2.18. The summed E-state index contributed by atoms with van der Waals surface area (Å²) in [5.74, 6) is 0.143. The monoisotopic (exact) mass is 320 g/mol. The van der Waals surface area contributed by atoms with E-state index in [2.05, 4.69) is 15.5 Å². The topological polar surface area (TPSA) is 93.0 Å². The first kappa shape index (κ1) is 16.8. The fourth-order valence-corrected chi connectivity index (χ4v) is 2.04. The van der Waals surface area contributed by atoms with Gasteiger partial charge in [-0.1, -0.05) is 0 Å². The SMILES string of the molecule is CC(C)(C)OC(=O)Nc1ccc(F)c(CCc2cc(N)[nH]n2)c1. The van der Waals surface area contributed by atoms with Gasteiger partial charge in [0.2, 0.25) is 0 Å². The van der Waals surface area contributed by atoms with Crippen molar-refractivity contribution in [2.75, 3.05) is 11.1 Å². The number of amides is 1. The summed E-state index contributed by atoms with van der Waals surface area (Å²) in [5.41, 5.74) is 6.69. The van der Waals surface area contributed by atoms with Crippen LogP contribution in [0.2, 0.25) is 0 Å². The zero-order valence-corrected chi connectivity index (χ0v) is 13.4. The average molecular weight is 320 g/mol. The van der Waals surface area contributed by atoms with Crippen molar-refractivity contribution in [3.8, 4) is 0 Å². The molecule has 23 heavy (non-hydrogen) atoms. The number of aryl methyl sites for hydroxylation is 2. The Bertz CT molecular complexity index is 692. The maximum absolute atomic E-state index is 13.9. The molecule has 124 valence electrons. The fraction of sp³-hybridized carbons (Fsp3) is 0.375. The van der Waals surface area contributed by atoms with E-state index in [4.69, 9.17) is 10.5 Å². The van der Waals surface area contributed by atoms with Crippen LogP contribution in [0.15, 0.2) is 24.3 Å². The van der Waals surface area contributed by atoms with Gasteiger partial charge in [0.1, 0.15) is 17.2 Å². The Morgan fingerprint density at radius 3 is 2.70 bits per heavy atom. The van der Waals surface area contributed by atoms with Gasteiger partial charge in [-0.05, 0) is 57.4 Å². The van der Waals surface area contributed by atoms with Crippen LogP contribution in [0.3, 0.4) is 0 Å². The number of aromatic amines is 1. The first-order valence-corrected chi connectivity index (χ1v) is 7.31. The number of carbonyl (C=O) groups excluding carboxylic acids is 1. The number of benzene rings is 1. The van der Waals surface area contributed by atoms with Crippen LogP contribution in [0.1, 0.15) is 32.0 Å². The number of rotatable bonds is 4. The molecular weight excluding hydrogens is 299 g/mol. The van der Waals surface area contributed by atoms with E-state index in [9.17, 15) is 9.18 Å². The number of H-pyrrole nitrogens is 1. The Balaban J connectivity index is 2.02. The van der Waals surface area contributed by atoms with Gasteiger partial charge in [-0.15, -0.1) is 0 Å². The van der Waals surface area contributed by atoms with E-state index >= 15 is 0 Å². The summed E-state index contributed by atoms with van der Waals surface area (Å²) in [5, 5.41) is 9.25. The van der Waals surface area contributed by atoms with Crippen molar-refractivity contribution in [1.82, 2.24) is 10.2 Å². The molecule has 1 aromatic heterocycles. The molecular formula is C16H21FN4O2. The van der Waals surface area contributed by atoms with Crippen molar-refractivity contribution < 1.29 is 13.9 Å². The Labute approximate surface area is 134 Å². The molecule has 4 N–H and O–H groups in total. The molecule has 0 saturated heterocycles. The van der Waals surface area contributed by atoms with Gasteiger partial charge in [-0.3, -0.25) is 10.4 Å². The van der Waals surface area contributed by atoms with Crippen molar-refractivity contribution in [3.05, 3.63) is 41.3 Å². The minimum atomic E-state index is -0.590. The second-order valence-corrected chi connectivity index (χ2v) is 6.25. The number of nitrogen functional groups attached to an aromatic ring is 1. The minimum Gasteiger partial charge on any atom is -0.444 e. The van der Waals surface area contributed by atoms with Crippen LogP contribution in [-0.4, -0.2) is 21.9 Å². The van der Waals surface area contributed by atoms with Crippen LogP contribution < -0.4 is 11.1 Å². The van der Waals surface area contributed by atoms with E-state index in [1.54, 1.807) is 32.9 Å². The predicted octanol–water partition coefficient (Wildman–Crippen LogP) is 3.26. The highest BCUT2D eigenvalue weighted by Gasteiger charge is 2.16. The van der Waals surface area contributed by atoms with Crippen LogP contribution in [0.4, 0.5) is 20.7 Å². The third kappa shape index (κ3) is 5.28. The van der Waals surface area contributed by atoms with Crippen LogP contribution in [0.5, 0.6) is 0 Å². The number of hydrogen-bond donors (Lipinski definition) is 3. The Morgan fingerprint density at radius 2 is 2.09 bits per heavy atom. The van der Waals surface area contributed by atoms with Gasteiger partial charge in [0.25, 0.3) is 0 Å². The van der Waals surface area contributed by atoms with Gasteiger partial charge in [-0.25, -0.2) is 9.18 Å². The molecule has 0 aliphatic heterocycles. The van der Waals surface area contributed by atoms with Crippen LogP contribution in [0.25, 0.3) is 0 Å². The summed E-state index contributed by atoms with van der Waals surface area (Å²) in [7, 11) is 0. The third-order valence-corrected chi connectivity index (χ3v) is 2.99. The van der Waals surface area contributed by atoms with Crippen molar-refractivity contribution >= 4 is 17.6 Å². The molecule has 1 heterocycles. The molecule has 0 aliphatic rings. The maximum atomic E-state index is 13.9. The molecule has 7 heteroatoms. The molecule has 0 spiro atoms. The predicted molar refractivity (Wildman–Crippen MR) is 86.7 cm³/mol. The third-order valence-electron chi connectivity index (χ3n) is 2.99. The van der Waals surface area contributed by atoms with E-state index in [1.807, 2.05) is 0 Å². The Hall–Kier alpha value is -2.57. The van der Waals surface area contributed by atoms with E-state index in [-0.39, 0.29) is 5.82 Å². The van der Waals surface area contributed by atoms with Crippen molar-refractivity contribution in [1.29, 1.82) is 0 Å². The van der Waals surface area contributed by atoms with Crippen LogP contribution in [-0.2, 0) is 17.6 Å². The molecule has 0 radical (unpaired) electrons. The van der Waals surface area contributed by atoms with E-state index in [0.29, 0.717) is 29.9 Å². The Morgan fingerprint density at radius 1 is 1.35 bits per heavy atom. The lowest BCUT2D eigenvalue weighted by atomic mass is 10.1. The molecule has 1 aromatic carbocycles.